The second-order valence-corrected chi connectivity index (χ2v) is 6.70. The number of esters is 2. The van der Waals surface area contributed by atoms with Crippen molar-refractivity contribution in [2.75, 3.05) is 0 Å². The fourth-order valence-electron chi connectivity index (χ4n) is 2.97. The number of allylic oxidation sites excluding steroid dienone is 2. The third-order valence-electron chi connectivity index (χ3n) is 4.38. The van der Waals surface area contributed by atoms with Crippen molar-refractivity contribution >= 4 is 18.2 Å². The largest absolute Gasteiger partial charge is 0.461 e. The van der Waals surface area contributed by atoms with E-state index in [2.05, 4.69) is 6.58 Å². The highest BCUT2D eigenvalue weighted by molar-refractivity contribution is 5.91. The van der Waals surface area contributed by atoms with Gasteiger partial charge in [0.15, 0.2) is 0 Å². The van der Waals surface area contributed by atoms with Gasteiger partial charge in [0.25, 0.3) is 0 Å². The van der Waals surface area contributed by atoms with Crippen LogP contribution < -0.4 is 0 Å². The smallest absolute Gasteiger partial charge is 0.334 e. The molecule has 0 N–H and O–H groups in total. The summed E-state index contributed by atoms with van der Waals surface area (Å²) >= 11 is 0. The number of rotatable bonds is 3. The lowest BCUT2D eigenvalue weighted by Crippen LogP contribution is -2.34. The van der Waals surface area contributed by atoms with Crippen molar-refractivity contribution in [1.29, 1.82) is 0 Å². The Morgan fingerprint density at radius 1 is 1.46 bits per heavy atom. The van der Waals surface area contributed by atoms with Crippen LogP contribution in [-0.4, -0.2) is 30.4 Å². The van der Waals surface area contributed by atoms with Crippen molar-refractivity contribution in [3.63, 3.8) is 0 Å². The van der Waals surface area contributed by atoms with Crippen molar-refractivity contribution in [3.8, 4) is 0 Å². The lowest BCUT2D eigenvalue weighted by Gasteiger charge is -2.27. The Labute approximate surface area is 142 Å². The van der Waals surface area contributed by atoms with Crippen LogP contribution in [0.1, 0.15) is 40.0 Å². The van der Waals surface area contributed by atoms with E-state index < -0.39 is 24.1 Å². The zero-order chi connectivity index (χ0) is 17.9. The summed E-state index contributed by atoms with van der Waals surface area (Å²) < 4.78 is 11.0. The second kappa shape index (κ2) is 7.60. The number of aldehydes is 1. The molecule has 0 radical (unpaired) electrons. The Kier molecular flexibility index (Phi) is 5.75. The van der Waals surface area contributed by atoms with E-state index in [9.17, 15) is 14.4 Å². The summed E-state index contributed by atoms with van der Waals surface area (Å²) in [6.45, 7) is 9.26. The van der Waals surface area contributed by atoms with E-state index in [-0.39, 0.29) is 23.9 Å². The minimum absolute atomic E-state index is 0.256. The molecule has 5 heteroatoms. The maximum atomic E-state index is 12.1. The van der Waals surface area contributed by atoms with Gasteiger partial charge in [0.1, 0.15) is 18.5 Å². The Morgan fingerprint density at radius 2 is 2.17 bits per heavy atom. The number of hydrogen-bond donors (Lipinski definition) is 0. The average molecular weight is 332 g/mol. The van der Waals surface area contributed by atoms with Gasteiger partial charge in [-0.1, -0.05) is 32.1 Å². The summed E-state index contributed by atoms with van der Waals surface area (Å²) in [5, 5.41) is 0. The van der Waals surface area contributed by atoms with Gasteiger partial charge in [0.2, 0.25) is 0 Å². The standard InChI is InChI=1S/C19H24O5/c1-11(2)18(21)23-16-9-14(10-20)7-5-6-12(3)8-15-17(16)13(4)19(22)24-15/h7-8,10-11,15-17H,4-6,9H2,1-3H3. The molecule has 2 aliphatic rings. The van der Waals surface area contributed by atoms with E-state index in [1.807, 2.05) is 19.1 Å². The van der Waals surface area contributed by atoms with Crippen LogP contribution in [0.3, 0.4) is 0 Å². The molecule has 0 bridgehead atoms. The molecule has 2 rings (SSSR count). The van der Waals surface area contributed by atoms with Gasteiger partial charge in [-0.25, -0.2) is 4.79 Å². The van der Waals surface area contributed by atoms with Gasteiger partial charge in [-0.05, 0) is 31.4 Å². The van der Waals surface area contributed by atoms with E-state index in [1.165, 1.54) is 0 Å². The quantitative estimate of drug-likeness (QED) is 0.344. The molecule has 0 spiro atoms. The molecule has 130 valence electrons. The molecule has 1 heterocycles. The van der Waals surface area contributed by atoms with E-state index in [1.54, 1.807) is 13.8 Å². The SMILES string of the molecule is C=C1C(=O)OC2C=C(C)CCC=C(C=O)CC(OC(=O)C(C)C)C12. The lowest BCUT2D eigenvalue weighted by atomic mass is 9.85. The molecule has 24 heavy (non-hydrogen) atoms. The summed E-state index contributed by atoms with van der Waals surface area (Å²) in [5.74, 6) is -1.62. The van der Waals surface area contributed by atoms with Crippen LogP contribution in [0.4, 0.5) is 0 Å². The molecular formula is C19H24O5. The molecule has 1 fully saturated rings. The highest BCUT2D eigenvalue weighted by Crippen LogP contribution is 2.36. The third kappa shape index (κ3) is 4.02. The van der Waals surface area contributed by atoms with E-state index >= 15 is 0 Å². The second-order valence-electron chi connectivity index (χ2n) is 6.70. The van der Waals surface area contributed by atoms with E-state index in [4.69, 9.17) is 9.47 Å². The van der Waals surface area contributed by atoms with Crippen molar-refractivity contribution < 1.29 is 23.9 Å². The first kappa shape index (κ1) is 18.2. The van der Waals surface area contributed by atoms with Gasteiger partial charge < -0.3 is 9.47 Å². The third-order valence-corrected chi connectivity index (χ3v) is 4.38. The van der Waals surface area contributed by atoms with Crippen molar-refractivity contribution in [1.82, 2.24) is 0 Å². The summed E-state index contributed by atoms with van der Waals surface area (Å²) in [7, 11) is 0. The topological polar surface area (TPSA) is 69.7 Å². The van der Waals surface area contributed by atoms with Gasteiger partial charge in [-0.2, -0.15) is 0 Å². The number of fused-ring (bicyclic) bond motifs is 1. The molecule has 0 aromatic heterocycles. The lowest BCUT2D eigenvalue weighted by molar-refractivity contribution is -0.155. The predicted octanol–water partition coefficient (Wildman–Crippen LogP) is 2.91. The molecule has 1 aliphatic heterocycles. The Balaban J connectivity index is 2.41. The fourth-order valence-corrected chi connectivity index (χ4v) is 2.97. The molecule has 0 saturated carbocycles. The van der Waals surface area contributed by atoms with Gasteiger partial charge in [-0.15, -0.1) is 0 Å². The van der Waals surface area contributed by atoms with Crippen molar-refractivity contribution in [2.45, 2.75) is 52.2 Å². The van der Waals surface area contributed by atoms with Crippen LogP contribution in [0.2, 0.25) is 0 Å². The normalized spacial score (nSPS) is 27.8. The summed E-state index contributed by atoms with van der Waals surface area (Å²) in [6, 6.07) is 0. The highest BCUT2D eigenvalue weighted by atomic mass is 16.6. The van der Waals surface area contributed by atoms with Crippen molar-refractivity contribution in [3.05, 3.63) is 35.5 Å². The van der Waals surface area contributed by atoms with E-state index in [0.717, 1.165) is 18.3 Å². The number of ether oxygens (including phenoxy) is 2. The zero-order valence-corrected chi connectivity index (χ0v) is 14.4. The fraction of sp³-hybridized carbons (Fsp3) is 0.526. The van der Waals surface area contributed by atoms with Crippen LogP contribution in [0.5, 0.6) is 0 Å². The first-order valence-electron chi connectivity index (χ1n) is 8.25. The van der Waals surface area contributed by atoms with Gasteiger partial charge in [-0.3, -0.25) is 9.59 Å². The minimum atomic E-state index is -0.651. The van der Waals surface area contributed by atoms with Crippen LogP contribution in [0, 0.1) is 11.8 Å². The van der Waals surface area contributed by atoms with Gasteiger partial charge in [0, 0.05) is 12.0 Å². The number of carbonyl (C=O) groups is 3. The number of hydrogen-bond acceptors (Lipinski definition) is 5. The summed E-state index contributed by atoms with van der Waals surface area (Å²) in [6.07, 6.45) is 5.13. The maximum absolute atomic E-state index is 12.1. The van der Waals surface area contributed by atoms with Crippen LogP contribution in [0.15, 0.2) is 35.5 Å². The molecule has 3 unspecified atom stereocenters. The van der Waals surface area contributed by atoms with Crippen LogP contribution in [0.25, 0.3) is 0 Å². The monoisotopic (exact) mass is 332 g/mol. The summed E-state index contributed by atoms with van der Waals surface area (Å²) in [4.78, 5) is 35.4. The van der Waals surface area contributed by atoms with Crippen molar-refractivity contribution in [2.24, 2.45) is 11.8 Å². The molecule has 0 aromatic carbocycles. The average Bonchev–Trinajstić information content (AvgIpc) is 2.79. The molecule has 0 aromatic rings. The van der Waals surface area contributed by atoms with Crippen LogP contribution >= 0.6 is 0 Å². The number of carbonyl (C=O) groups excluding carboxylic acids is 3. The maximum Gasteiger partial charge on any atom is 0.334 e. The van der Waals surface area contributed by atoms with Crippen LogP contribution in [-0.2, 0) is 23.9 Å². The minimum Gasteiger partial charge on any atom is -0.461 e. The first-order chi connectivity index (χ1) is 11.3. The first-order valence-corrected chi connectivity index (χ1v) is 8.25. The zero-order valence-electron chi connectivity index (χ0n) is 14.4. The molecular weight excluding hydrogens is 308 g/mol. The molecule has 0 amide bonds. The molecule has 3 atom stereocenters. The van der Waals surface area contributed by atoms with E-state index in [0.29, 0.717) is 12.0 Å². The molecule has 5 nitrogen and oxygen atoms in total. The Bertz CT molecular complexity index is 611. The molecule has 1 aliphatic carbocycles. The Morgan fingerprint density at radius 3 is 2.79 bits per heavy atom. The predicted molar refractivity (Wildman–Crippen MR) is 89.0 cm³/mol. The molecule has 1 saturated heterocycles. The Hall–Kier alpha value is -2.17. The van der Waals surface area contributed by atoms with Gasteiger partial charge in [0.05, 0.1) is 11.8 Å². The summed E-state index contributed by atoms with van der Waals surface area (Å²) in [5.41, 5.74) is 1.92. The highest BCUT2D eigenvalue weighted by Gasteiger charge is 2.44. The van der Waals surface area contributed by atoms with Gasteiger partial charge >= 0.3 is 11.9 Å².